The minimum Gasteiger partial charge on any atom is -0.486 e. The molecule has 1 aromatic heterocycles. The predicted octanol–water partition coefficient (Wildman–Crippen LogP) is 5.00. The summed E-state index contributed by atoms with van der Waals surface area (Å²) in [6, 6.07) is 9.75. The Bertz CT molecular complexity index is 917. The molecule has 0 radical (unpaired) electrons. The minimum absolute atomic E-state index is 0.101. The van der Waals surface area contributed by atoms with Gasteiger partial charge in [-0.25, -0.2) is 9.37 Å². The van der Waals surface area contributed by atoms with Crippen LogP contribution in [-0.4, -0.2) is 9.91 Å². The Morgan fingerprint density at radius 2 is 1.92 bits per heavy atom. The van der Waals surface area contributed by atoms with Crippen molar-refractivity contribution in [3.63, 3.8) is 0 Å². The molecule has 0 bridgehead atoms. The summed E-state index contributed by atoms with van der Waals surface area (Å²) in [7, 11) is 0. The number of hydrogen-bond acceptors (Lipinski definition) is 6. The number of aromatic nitrogens is 1. The molecule has 6 nitrogen and oxygen atoms in total. The predicted molar refractivity (Wildman–Crippen MR) is 95.3 cm³/mol. The number of halogens is 2. The number of thiazole rings is 1. The first kappa shape index (κ1) is 18.1. The molecule has 0 fully saturated rings. The third-order valence-corrected chi connectivity index (χ3v) is 4.44. The third-order valence-electron chi connectivity index (χ3n) is 3.28. The van der Waals surface area contributed by atoms with Gasteiger partial charge in [-0.2, -0.15) is 0 Å². The first-order valence-corrected chi connectivity index (χ1v) is 8.65. The van der Waals surface area contributed by atoms with Crippen LogP contribution in [-0.2, 0) is 13.2 Å². The van der Waals surface area contributed by atoms with Crippen molar-refractivity contribution in [1.29, 1.82) is 0 Å². The van der Waals surface area contributed by atoms with Crippen molar-refractivity contribution in [1.82, 2.24) is 4.98 Å². The van der Waals surface area contributed by atoms with E-state index in [0.29, 0.717) is 17.2 Å². The largest absolute Gasteiger partial charge is 0.486 e. The molecule has 0 N–H and O–H groups in total. The Balaban J connectivity index is 1.55. The van der Waals surface area contributed by atoms with Crippen molar-refractivity contribution in [2.45, 2.75) is 13.2 Å². The fraction of sp³-hybridized carbons (Fsp3) is 0.118. The molecule has 3 aromatic rings. The lowest BCUT2D eigenvalue weighted by Crippen LogP contribution is -1.99. The number of nitro groups is 1. The quantitative estimate of drug-likeness (QED) is 0.416. The fourth-order valence-electron chi connectivity index (χ4n) is 2.03. The summed E-state index contributed by atoms with van der Waals surface area (Å²) in [6.45, 7) is 0.430. The van der Waals surface area contributed by atoms with E-state index in [2.05, 4.69) is 4.98 Å². The molecule has 0 amide bonds. The van der Waals surface area contributed by atoms with Gasteiger partial charge >= 0.3 is 0 Å². The van der Waals surface area contributed by atoms with Gasteiger partial charge in [0.15, 0.2) is 0 Å². The maximum Gasteiger partial charge on any atom is 0.271 e. The van der Waals surface area contributed by atoms with Gasteiger partial charge in [-0.1, -0.05) is 11.6 Å². The van der Waals surface area contributed by atoms with Crippen LogP contribution in [0.1, 0.15) is 10.7 Å². The van der Waals surface area contributed by atoms with E-state index >= 15 is 0 Å². The number of benzene rings is 2. The van der Waals surface area contributed by atoms with E-state index in [1.165, 1.54) is 41.7 Å². The molecule has 0 unspecified atom stereocenters. The molecule has 0 aliphatic carbocycles. The van der Waals surface area contributed by atoms with Crippen LogP contribution >= 0.6 is 22.9 Å². The second-order valence-corrected chi connectivity index (χ2v) is 6.49. The van der Waals surface area contributed by atoms with Crippen molar-refractivity contribution in [3.05, 3.63) is 79.5 Å². The highest BCUT2D eigenvalue weighted by molar-refractivity contribution is 7.09. The van der Waals surface area contributed by atoms with Gasteiger partial charge in [0.05, 0.1) is 15.6 Å². The fourth-order valence-corrected chi connectivity index (χ4v) is 2.95. The van der Waals surface area contributed by atoms with E-state index in [1.54, 1.807) is 12.1 Å². The summed E-state index contributed by atoms with van der Waals surface area (Å²) in [6.07, 6.45) is 0. The van der Waals surface area contributed by atoms with Gasteiger partial charge in [0.2, 0.25) is 0 Å². The van der Waals surface area contributed by atoms with E-state index in [-0.39, 0.29) is 29.7 Å². The van der Waals surface area contributed by atoms with Crippen molar-refractivity contribution in [2.24, 2.45) is 0 Å². The Kier molecular flexibility index (Phi) is 5.65. The summed E-state index contributed by atoms with van der Waals surface area (Å²) in [4.78, 5) is 14.5. The molecule has 26 heavy (non-hydrogen) atoms. The van der Waals surface area contributed by atoms with Gasteiger partial charge in [-0.15, -0.1) is 11.3 Å². The molecule has 0 spiro atoms. The summed E-state index contributed by atoms with van der Waals surface area (Å²) in [5.41, 5.74) is 0.582. The number of nitrogens with zero attached hydrogens (tertiary/aromatic N) is 2. The van der Waals surface area contributed by atoms with Crippen LogP contribution in [0.3, 0.4) is 0 Å². The summed E-state index contributed by atoms with van der Waals surface area (Å²) in [5, 5.41) is 13.4. The maximum atomic E-state index is 12.8. The Morgan fingerprint density at radius 1 is 1.15 bits per heavy atom. The first-order chi connectivity index (χ1) is 12.5. The first-order valence-electron chi connectivity index (χ1n) is 7.39. The summed E-state index contributed by atoms with van der Waals surface area (Å²) >= 11 is 7.38. The number of non-ortho nitro benzene ring substituents is 1. The Labute approximate surface area is 156 Å². The summed E-state index contributed by atoms with van der Waals surface area (Å²) in [5.74, 6) is 0.572. The average molecular weight is 395 g/mol. The number of ether oxygens (including phenoxy) is 2. The van der Waals surface area contributed by atoms with Crippen LogP contribution in [0.5, 0.6) is 11.5 Å². The van der Waals surface area contributed by atoms with Crippen molar-refractivity contribution in [3.8, 4) is 11.5 Å². The van der Waals surface area contributed by atoms with Crippen LogP contribution in [0.15, 0.2) is 47.8 Å². The van der Waals surface area contributed by atoms with Crippen molar-refractivity contribution < 1.29 is 18.8 Å². The topological polar surface area (TPSA) is 74.5 Å². The lowest BCUT2D eigenvalue weighted by atomic mass is 10.3. The van der Waals surface area contributed by atoms with Crippen LogP contribution in [0.4, 0.5) is 10.1 Å². The monoisotopic (exact) mass is 394 g/mol. The van der Waals surface area contributed by atoms with Crippen molar-refractivity contribution in [2.75, 3.05) is 0 Å². The van der Waals surface area contributed by atoms with Gasteiger partial charge in [-0.05, 0) is 30.3 Å². The minimum atomic E-state index is -0.524. The van der Waals surface area contributed by atoms with Gasteiger partial charge < -0.3 is 9.47 Å². The third kappa shape index (κ3) is 4.68. The second-order valence-electron chi connectivity index (χ2n) is 5.14. The molecular weight excluding hydrogens is 383 g/mol. The van der Waals surface area contributed by atoms with E-state index in [4.69, 9.17) is 21.1 Å². The van der Waals surface area contributed by atoms with E-state index < -0.39 is 4.92 Å². The Hall–Kier alpha value is -2.71. The van der Waals surface area contributed by atoms with Gasteiger partial charge in [0.1, 0.15) is 35.5 Å². The zero-order valence-electron chi connectivity index (χ0n) is 13.2. The van der Waals surface area contributed by atoms with Crippen LogP contribution in [0, 0.1) is 15.9 Å². The number of rotatable bonds is 7. The molecule has 0 aliphatic heterocycles. The van der Waals surface area contributed by atoms with Crippen LogP contribution < -0.4 is 9.47 Å². The lowest BCUT2D eigenvalue weighted by molar-refractivity contribution is -0.384. The molecule has 0 saturated carbocycles. The number of hydrogen-bond donors (Lipinski definition) is 0. The molecule has 0 atom stereocenters. The zero-order valence-corrected chi connectivity index (χ0v) is 14.8. The van der Waals surface area contributed by atoms with E-state index in [0.717, 1.165) is 5.01 Å². The number of nitro benzene ring substituents is 1. The molecular formula is C17H12ClFN2O4S. The SMILES string of the molecule is O=[N+]([O-])c1ccc(OCc2csc(COc3ccc(F)cc3)n2)c(Cl)c1. The van der Waals surface area contributed by atoms with E-state index in [9.17, 15) is 14.5 Å². The van der Waals surface area contributed by atoms with Gasteiger partial charge in [0.25, 0.3) is 5.69 Å². The maximum absolute atomic E-state index is 12.8. The zero-order chi connectivity index (χ0) is 18.5. The molecule has 0 saturated heterocycles. The normalized spacial score (nSPS) is 10.5. The van der Waals surface area contributed by atoms with E-state index in [1.807, 2.05) is 5.38 Å². The highest BCUT2D eigenvalue weighted by Crippen LogP contribution is 2.29. The molecule has 2 aromatic carbocycles. The van der Waals surface area contributed by atoms with Gasteiger partial charge in [0, 0.05) is 17.5 Å². The van der Waals surface area contributed by atoms with Crippen LogP contribution in [0.25, 0.3) is 0 Å². The molecule has 1 heterocycles. The smallest absolute Gasteiger partial charge is 0.271 e. The van der Waals surface area contributed by atoms with Crippen LogP contribution in [0.2, 0.25) is 5.02 Å². The highest BCUT2D eigenvalue weighted by atomic mass is 35.5. The van der Waals surface area contributed by atoms with Gasteiger partial charge in [-0.3, -0.25) is 10.1 Å². The second kappa shape index (κ2) is 8.11. The standard InChI is InChI=1S/C17H12ClFN2O4S/c18-15-7-13(21(22)23)3-6-16(15)25-8-12-10-26-17(20-12)9-24-14-4-1-11(19)2-5-14/h1-7,10H,8-9H2. The lowest BCUT2D eigenvalue weighted by Gasteiger charge is -2.06. The highest BCUT2D eigenvalue weighted by Gasteiger charge is 2.11. The average Bonchev–Trinajstić information content (AvgIpc) is 3.08. The van der Waals surface area contributed by atoms with Crippen molar-refractivity contribution >= 4 is 28.6 Å². The molecule has 0 aliphatic rings. The summed E-state index contributed by atoms with van der Waals surface area (Å²) < 4.78 is 23.9. The molecule has 134 valence electrons. The Morgan fingerprint density at radius 3 is 2.62 bits per heavy atom. The molecule has 3 rings (SSSR count). The molecule has 9 heteroatoms.